The molecule has 18 heavy (non-hydrogen) atoms. The fourth-order valence-corrected chi connectivity index (χ4v) is 2.89. The molecule has 0 bridgehead atoms. The van der Waals surface area contributed by atoms with E-state index in [1.165, 1.54) is 0 Å². The third kappa shape index (κ3) is 4.05. The standard InChI is InChI=1S/C13H11Br2ClN2/c14-10-5-12(15)13(18-7-10)8-17-6-9-2-1-3-11(16)4-9/h1-5,7,17H,6,8H2. The number of aromatic nitrogens is 1. The van der Waals surface area contributed by atoms with Crippen LogP contribution in [0.2, 0.25) is 5.02 Å². The molecule has 0 spiro atoms. The SMILES string of the molecule is Clc1cccc(CNCc2ncc(Br)cc2Br)c1. The zero-order valence-electron chi connectivity index (χ0n) is 9.46. The highest BCUT2D eigenvalue weighted by atomic mass is 79.9. The Hall–Kier alpha value is -0.420. The first-order valence-corrected chi connectivity index (χ1v) is 7.36. The molecule has 0 saturated carbocycles. The maximum Gasteiger partial charge on any atom is 0.0684 e. The Balaban J connectivity index is 1.92. The summed E-state index contributed by atoms with van der Waals surface area (Å²) in [7, 11) is 0. The van der Waals surface area contributed by atoms with Crippen molar-refractivity contribution >= 4 is 43.5 Å². The minimum absolute atomic E-state index is 0.709. The Kier molecular flexibility index (Phi) is 5.18. The van der Waals surface area contributed by atoms with Crippen LogP contribution in [0.4, 0.5) is 0 Å². The van der Waals surface area contributed by atoms with Gasteiger partial charge in [-0.1, -0.05) is 23.7 Å². The Labute approximate surface area is 128 Å². The number of hydrogen-bond donors (Lipinski definition) is 1. The molecule has 0 unspecified atom stereocenters. The fraction of sp³-hybridized carbons (Fsp3) is 0.154. The van der Waals surface area contributed by atoms with Gasteiger partial charge in [-0.3, -0.25) is 4.98 Å². The molecule has 0 atom stereocenters. The Morgan fingerprint density at radius 3 is 2.72 bits per heavy atom. The molecule has 0 aliphatic rings. The zero-order valence-corrected chi connectivity index (χ0v) is 13.4. The van der Waals surface area contributed by atoms with Crippen LogP contribution >= 0.6 is 43.5 Å². The minimum atomic E-state index is 0.709. The van der Waals surface area contributed by atoms with Crippen LogP contribution in [-0.2, 0) is 13.1 Å². The Bertz CT molecular complexity index is 546. The van der Waals surface area contributed by atoms with Crippen molar-refractivity contribution in [2.75, 3.05) is 0 Å². The lowest BCUT2D eigenvalue weighted by atomic mass is 10.2. The molecule has 1 aromatic carbocycles. The van der Waals surface area contributed by atoms with Crippen molar-refractivity contribution in [3.05, 3.63) is 61.8 Å². The van der Waals surface area contributed by atoms with Gasteiger partial charge in [-0.25, -0.2) is 0 Å². The number of rotatable bonds is 4. The van der Waals surface area contributed by atoms with Crippen molar-refractivity contribution in [2.45, 2.75) is 13.1 Å². The van der Waals surface area contributed by atoms with Crippen LogP contribution in [0.25, 0.3) is 0 Å². The van der Waals surface area contributed by atoms with Gasteiger partial charge >= 0.3 is 0 Å². The molecule has 0 aliphatic heterocycles. The highest BCUT2D eigenvalue weighted by Gasteiger charge is 2.02. The predicted molar refractivity (Wildman–Crippen MR) is 81.6 cm³/mol. The van der Waals surface area contributed by atoms with E-state index in [1.54, 1.807) is 6.20 Å². The van der Waals surface area contributed by atoms with E-state index in [-0.39, 0.29) is 0 Å². The zero-order chi connectivity index (χ0) is 13.0. The van der Waals surface area contributed by atoms with E-state index in [0.29, 0.717) is 6.54 Å². The summed E-state index contributed by atoms with van der Waals surface area (Å²) in [6.07, 6.45) is 1.79. The number of nitrogens with one attached hydrogen (secondary N) is 1. The molecule has 1 aromatic heterocycles. The van der Waals surface area contributed by atoms with Gasteiger partial charge in [0.2, 0.25) is 0 Å². The third-order valence-corrected chi connectivity index (χ3v) is 3.75. The molecule has 0 radical (unpaired) electrons. The number of nitrogens with zero attached hydrogens (tertiary/aromatic N) is 1. The summed E-state index contributed by atoms with van der Waals surface area (Å²) in [5.41, 5.74) is 2.15. The second-order valence-corrected chi connectivity index (χ2v) is 6.02. The molecule has 2 aromatic rings. The highest BCUT2D eigenvalue weighted by Crippen LogP contribution is 2.19. The molecule has 1 N–H and O–H groups in total. The van der Waals surface area contributed by atoms with Crippen LogP contribution in [0.15, 0.2) is 45.5 Å². The minimum Gasteiger partial charge on any atom is -0.307 e. The Morgan fingerprint density at radius 2 is 2.00 bits per heavy atom. The quantitative estimate of drug-likeness (QED) is 0.828. The van der Waals surface area contributed by atoms with Crippen molar-refractivity contribution in [1.29, 1.82) is 0 Å². The van der Waals surface area contributed by atoms with Crippen LogP contribution in [0.5, 0.6) is 0 Å². The molecule has 0 amide bonds. The first-order valence-electron chi connectivity index (χ1n) is 5.40. The first-order chi connectivity index (χ1) is 8.65. The second kappa shape index (κ2) is 6.66. The lowest BCUT2D eigenvalue weighted by Crippen LogP contribution is -2.14. The van der Waals surface area contributed by atoms with Crippen LogP contribution in [-0.4, -0.2) is 4.98 Å². The summed E-state index contributed by atoms with van der Waals surface area (Å²) in [5.74, 6) is 0. The van der Waals surface area contributed by atoms with Crippen molar-refractivity contribution in [3.8, 4) is 0 Å². The summed E-state index contributed by atoms with van der Waals surface area (Å²) in [4.78, 5) is 4.34. The van der Waals surface area contributed by atoms with E-state index in [2.05, 4.69) is 42.2 Å². The van der Waals surface area contributed by atoms with Gasteiger partial charge in [0.15, 0.2) is 0 Å². The lowest BCUT2D eigenvalue weighted by molar-refractivity contribution is 0.677. The van der Waals surface area contributed by atoms with E-state index in [9.17, 15) is 0 Å². The highest BCUT2D eigenvalue weighted by molar-refractivity contribution is 9.11. The maximum atomic E-state index is 5.93. The van der Waals surface area contributed by atoms with Crippen LogP contribution in [0.3, 0.4) is 0 Å². The average Bonchev–Trinajstić information content (AvgIpc) is 2.32. The van der Waals surface area contributed by atoms with Gasteiger partial charge in [0.05, 0.1) is 5.69 Å². The van der Waals surface area contributed by atoms with Gasteiger partial charge in [-0.05, 0) is 55.6 Å². The normalized spacial score (nSPS) is 10.6. The number of hydrogen-bond acceptors (Lipinski definition) is 2. The summed E-state index contributed by atoms with van der Waals surface area (Å²) >= 11 is 12.8. The van der Waals surface area contributed by atoms with E-state index in [4.69, 9.17) is 11.6 Å². The molecule has 2 nitrogen and oxygen atoms in total. The summed E-state index contributed by atoms with van der Waals surface area (Å²) in [6.45, 7) is 1.48. The summed E-state index contributed by atoms with van der Waals surface area (Å²) in [6, 6.07) is 9.82. The van der Waals surface area contributed by atoms with Crippen molar-refractivity contribution in [2.24, 2.45) is 0 Å². The third-order valence-electron chi connectivity index (χ3n) is 2.39. The van der Waals surface area contributed by atoms with Gasteiger partial charge in [-0.15, -0.1) is 0 Å². The van der Waals surface area contributed by atoms with Crippen molar-refractivity contribution in [1.82, 2.24) is 10.3 Å². The molecule has 94 valence electrons. The van der Waals surface area contributed by atoms with E-state index >= 15 is 0 Å². The average molecular weight is 391 g/mol. The van der Waals surface area contributed by atoms with Gasteiger partial charge in [0.1, 0.15) is 0 Å². The van der Waals surface area contributed by atoms with Crippen LogP contribution < -0.4 is 5.32 Å². The van der Waals surface area contributed by atoms with E-state index < -0.39 is 0 Å². The van der Waals surface area contributed by atoms with Crippen LogP contribution in [0, 0.1) is 0 Å². The van der Waals surface area contributed by atoms with Gasteiger partial charge in [0.25, 0.3) is 0 Å². The van der Waals surface area contributed by atoms with Crippen LogP contribution in [0.1, 0.15) is 11.3 Å². The lowest BCUT2D eigenvalue weighted by Gasteiger charge is -2.07. The molecular formula is C13H11Br2ClN2. The predicted octanol–water partition coefficient (Wildman–Crippen LogP) is 4.55. The summed E-state index contributed by atoms with van der Waals surface area (Å²) in [5, 5.41) is 4.10. The fourth-order valence-electron chi connectivity index (χ4n) is 1.55. The molecule has 0 saturated heterocycles. The second-order valence-electron chi connectivity index (χ2n) is 3.82. The molecular weight excluding hydrogens is 379 g/mol. The van der Waals surface area contributed by atoms with Crippen molar-refractivity contribution in [3.63, 3.8) is 0 Å². The topological polar surface area (TPSA) is 24.9 Å². The maximum absolute atomic E-state index is 5.93. The Morgan fingerprint density at radius 1 is 1.17 bits per heavy atom. The number of benzene rings is 1. The largest absolute Gasteiger partial charge is 0.307 e. The van der Waals surface area contributed by atoms with Gasteiger partial charge in [-0.2, -0.15) is 0 Å². The molecule has 1 heterocycles. The molecule has 5 heteroatoms. The van der Waals surface area contributed by atoms with E-state index in [1.807, 2.05) is 30.3 Å². The summed E-state index contributed by atoms with van der Waals surface area (Å²) < 4.78 is 1.96. The number of pyridine rings is 1. The molecule has 0 aliphatic carbocycles. The van der Waals surface area contributed by atoms with Gasteiger partial charge < -0.3 is 5.32 Å². The molecule has 0 fully saturated rings. The van der Waals surface area contributed by atoms with Crippen molar-refractivity contribution < 1.29 is 0 Å². The first kappa shape index (κ1) is 14.0. The smallest absolute Gasteiger partial charge is 0.0684 e. The number of halogens is 3. The van der Waals surface area contributed by atoms with E-state index in [0.717, 1.165) is 31.8 Å². The van der Waals surface area contributed by atoms with Gasteiger partial charge in [0, 0.05) is 33.3 Å². The monoisotopic (exact) mass is 388 g/mol. The molecule has 2 rings (SSSR count).